The maximum Gasteiger partial charge on any atom is 0.0439 e. The fourth-order valence-corrected chi connectivity index (χ4v) is 2.27. The van der Waals surface area contributed by atoms with E-state index in [0.717, 1.165) is 27.9 Å². The van der Waals surface area contributed by atoms with Crippen LogP contribution in [0.5, 0.6) is 0 Å². The molecular formula is C12H17BrClN. The first kappa shape index (κ1) is 13.0. The lowest BCUT2D eigenvalue weighted by atomic mass is 9.98. The van der Waals surface area contributed by atoms with E-state index in [2.05, 4.69) is 29.8 Å². The molecule has 0 radical (unpaired) electrons. The average Bonchev–Trinajstić information content (AvgIpc) is 2.10. The largest absolute Gasteiger partial charge is 0.327 e. The van der Waals surface area contributed by atoms with Crippen LogP contribution in [0.3, 0.4) is 0 Å². The van der Waals surface area contributed by atoms with E-state index in [0.29, 0.717) is 5.92 Å². The van der Waals surface area contributed by atoms with Crippen LogP contribution in [0.4, 0.5) is 0 Å². The molecule has 1 aromatic rings. The SMILES string of the molecule is CC(C)CC(N)Cc1cc(Br)ccc1Cl. The Bertz CT molecular complexity index is 325. The second-order valence-corrected chi connectivity index (χ2v) is 5.65. The third kappa shape index (κ3) is 4.54. The zero-order chi connectivity index (χ0) is 11.4. The summed E-state index contributed by atoms with van der Waals surface area (Å²) in [4.78, 5) is 0. The summed E-state index contributed by atoms with van der Waals surface area (Å²) >= 11 is 9.54. The molecule has 0 fully saturated rings. The van der Waals surface area contributed by atoms with Gasteiger partial charge >= 0.3 is 0 Å². The molecule has 1 atom stereocenters. The van der Waals surface area contributed by atoms with Crippen LogP contribution in [0.15, 0.2) is 22.7 Å². The van der Waals surface area contributed by atoms with Gasteiger partial charge in [-0.05, 0) is 42.5 Å². The van der Waals surface area contributed by atoms with Crippen LogP contribution in [0, 0.1) is 5.92 Å². The van der Waals surface area contributed by atoms with Crippen molar-refractivity contribution in [3.63, 3.8) is 0 Å². The van der Waals surface area contributed by atoms with Crippen LogP contribution in [-0.4, -0.2) is 6.04 Å². The van der Waals surface area contributed by atoms with Crippen molar-refractivity contribution in [3.8, 4) is 0 Å². The van der Waals surface area contributed by atoms with E-state index in [1.165, 1.54) is 0 Å². The monoisotopic (exact) mass is 289 g/mol. The van der Waals surface area contributed by atoms with Crippen molar-refractivity contribution in [1.82, 2.24) is 0 Å². The minimum atomic E-state index is 0.191. The van der Waals surface area contributed by atoms with Gasteiger partial charge in [-0.2, -0.15) is 0 Å². The van der Waals surface area contributed by atoms with Crippen LogP contribution >= 0.6 is 27.5 Å². The Balaban J connectivity index is 2.67. The molecule has 0 bridgehead atoms. The number of halogens is 2. The average molecular weight is 291 g/mol. The first-order valence-corrected chi connectivity index (χ1v) is 6.35. The highest BCUT2D eigenvalue weighted by Crippen LogP contribution is 2.22. The molecule has 2 N–H and O–H groups in total. The van der Waals surface area contributed by atoms with Crippen molar-refractivity contribution in [2.45, 2.75) is 32.7 Å². The minimum absolute atomic E-state index is 0.191. The molecule has 0 aromatic heterocycles. The zero-order valence-corrected chi connectivity index (χ0v) is 11.5. The Morgan fingerprint density at radius 2 is 2.07 bits per heavy atom. The maximum atomic E-state index is 6.10. The molecule has 0 heterocycles. The van der Waals surface area contributed by atoms with Crippen molar-refractivity contribution in [2.75, 3.05) is 0 Å². The lowest BCUT2D eigenvalue weighted by Crippen LogP contribution is -2.24. The molecule has 0 spiro atoms. The van der Waals surface area contributed by atoms with Crippen molar-refractivity contribution < 1.29 is 0 Å². The van der Waals surface area contributed by atoms with Gasteiger partial charge in [0.2, 0.25) is 0 Å². The van der Waals surface area contributed by atoms with E-state index in [9.17, 15) is 0 Å². The highest BCUT2D eigenvalue weighted by molar-refractivity contribution is 9.10. The molecule has 0 aliphatic heterocycles. The van der Waals surface area contributed by atoms with Crippen LogP contribution in [0.2, 0.25) is 5.02 Å². The van der Waals surface area contributed by atoms with Crippen molar-refractivity contribution in [3.05, 3.63) is 33.3 Å². The fraction of sp³-hybridized carbons (Fsp3) is 0.500. The Morgan fingerprint density at radius 3 is 2.67 bits per heavy atom. The highest BCUT2D eigenvalue weighted by Gasteiger charge is 2.09. The summed E-state index contributed by atoms with van der Waals surface area (Å²) in [6.07, 6.45) is 1.87. The summed E-state index contributed by atoms with van der Waals surface area (Å²) in [7, 11) is 0. The van der Waals surface area contributed by atoms with Gasteiger partial charge in [0.1, 0.15) is 0 Å². The molecule has 3 heteroatoms. The molecule has 1 unspecified atom stereocenters. The number of hydrogen-bond acceptors (Lipinski definition) is 1. The quantitative estimate of drug-likeness (QED) is 0.890. The second kappa shape index (κ2) is 5.88. The number of nitrogens with two attached hydrogens (primary N) is 1. The second-order valence-electron chi connectivity index (χ2n) is 4.33. The molecule has 1 aromatic carbocycles. The third-order valence-electron chi connectivity index (χ3n) is 2.26. The molecule has 0 saturated carbocycles. The summed E-state index contributed by atoms with van der Waals surface area (Å²) in [6.45, 7) is 4.37. The van der Waals surface area contributed by atoms with Crippen molar-refractivity contribution >= 4 is 27.5 Å². The summed E-state index contributed by atoms with van der Waals surface area (Å²) in [6, 6.07) is 6.09. The molecule has 0 saturated heterocycles. The van der Waals surface area contributed by atoms with E-state index < -0.39 is 0 Å². The van der Waals surface area contributed by atoms with Crippen LogP contribution < -0.4 is 5.73 Å². The van der Waals surface area contributed by atoms with Crippen LogP contribution in [0.25, 0.3) is 0 Å². The number of benzene rings is 1. The predicted octanol–water partition coefficient (Wildman–Crippen LogP) is 4.02. The van der Waals surface area contributed by atoms with Gasteiger partial charge in [-0.3, -0.25) is 0 Å². The van der Waals surface area contributed by atoms with E-state index in [-0.39, 0.29) is 6.04 Å². The van der Waals surface area contributed by atoms with Gasteiger partial charge in [-0.25, -0.2) is 0 Å². The van der Waals surface area contributed by atoms with Gasteiger partial charge in [0.25, 0.3) is 0 Å². The van der Waals surface area contributed by atoms with Crippen molar-refractivity contribution in [2.24, 2.45) is 11.7 Å². The molecule has 0 amide bonds. The van der Waals surface area contributed by atoms with Crippen LogP contribution in [-0.2, 0) is 6.42 Å². The summed E-state index contributed by atoms with van der Waals surface area (Å²) in [5.74, 6) is 0.630. The lowest BCUT2D eigenvalue weighted by Gasteiger charge is -2.15. The zero-order valence-electron chi connectivity index (χ0n) is 9.13. The van der Waals surface area contributed by atoms with Crippen molar-refractivity contribution in [1.29, 1.82) is 0 Å². The fourth-order valence-electron chi connectivity index (χ4n) is 1.67. The maximum absolute atomic E-state index is 6.10. The van der Waals surface area contributed by atoms with E-state index >= 15 is 0 Å². The summed E-state index contributed by atoms with van der Waals surface area (Å²) in [5, 5.41) is 0.803. The molecule has 15 heavy (non-hydrogen) atoms. The Kier molecular flexibility index (Phi) is 5.10. The van der Waals surface area contributed by atoms with Gasteiger partial charge in [-0.15, -0.1) is 0 Å². The third-order valence-corrected chi connectivity index (χ3v) is 3.13. The number of hydrogen-bond donors (Lipinski definition) is 1. The Hall–Kier alpha value is -0.0500. The smallest absolute Gasteiger partial charge is 0.0439 e. The predicted molar refractivity (Wildman–Crippen MR) is 70.3 cm³/mol. The van der Waals surface area contributed by atoms with Gasteiger partial charge < -0.3 is 5.73 Å². The van der Waals surface area contributed by atoms with Gasteiger partial charge in [0, 0.05) is 15.5 Å². The first-order valence-electron chi connectivity index (χ1n) is 5.18. The normalized spacial score (nSPS) is 13.2. The van der Waals surface area contributed by atoms with Gasteiger partial charge in [-0.1, -0.05) is 41.4 Å². The van der Waals surface area contributed by atoms with Gasteiger partial charge in [0.05, 0.1) is 0 Å². The van der Waals surface area contributed by atoms with E-state index in [1.54, 1.807) is 0 Å². The van der Waals surface area contributed by atoms with E-state index in [4.69, 9.17) is 17.3 Å². The standard InChI is InChI=1S/C12H17BrClN/c1-8(2)5-11(15)7-9-6-10(13)3-4-12(9)14/h3-4,6,8,11H,5,7,15H2,1-2H3. The minimum Gasteiger partial charge on any atom is -0.327 e. The van der Waals surface area contributed by atoms with Gasteiger partial charge in [0.15, 0.2) is 0 Å². The summed E-state index contributed by atoms with van der Waals surface area (Å²) in [5.41, 5.74) is 7.18. The molecule has 1 nitrogen and oxygen atoms in total. The van der Waals surface area contributed by atoms with Crippen LogP contribution in [0.1, 0.15) is 25.8 Å². The molecule has 1 rings (SSSR count). The Labute approximate surface area is 105 Å². The first-order chi connectivity index (χ1) is 6.99. The molecular weight excluding hydrogens is 273 g/mol. The Morgan fingerprint density at radius 1 is 1.40 bits per heavy atom. The molecule has 84 valence electrons. The topological polar surface area (TPSA) is 26.0 Å². The lowest BCUT2D eigenvalue weighted by molar-refractivity contribution is 0.493. The number of rotatable bonds is 4. The van der Waals surface area contributed by atoms with E-state index in [1.807, 2.05) is 18.2 Å². The summed E-state index contributed by atoms with van der Waals surface area (Å²) < 4.78 is 1.05. The molecule has 0 aliphatic carbocycles. The molecule has 0 aliphatic rings. The highest BCUT2D eigenvalue weighted by atomic mass is 79.9.